The Labute approximate surface area is 184 Å². The van der Waals surface area contributed by atoms with E-state index in [1.165, 1.54) is 14.2 Å². The zero-order valence-electron chi connectivity index (χ0n) is 16.6. The van der Waals surface area contributed by atoms with Crippen LogP contribution in [0.4, 0.5) is 0 Å². The molecule has 0 fully saturated rings. The standard InChI is InChI=1S/C20H21Cl3O6/c1-24-12-6-9(11(21)8-13(12)25-2)17-14(26-3)7-10-18(27-4)15(22)20(28-5)16(23)19(10)29-17/h6,8,14,17H,7H2,1-5H3. The minimum atomic E-state index is -0.562. The lowest BCUT2D eigenvalue weighted by molar-refractivity contribution is -0.0121. The van der Waals surface area contributed by atoms with Crippen LogP contribution in [-0.4, -0.2) is 41.7 Å². The van der Waals surface area contributed by atoms with Gasteiger partial charge in [-0.2, -0.15) is 0 Å². The minimum absolute atomic E-state index is 0.254. The van der Waals surface area contributed by atoms with E-state index < -0.39 is 6.10 Å². The molecular formula is C20H21Cl3O6. The fraction of sp³-hybridized carbons (Fsp3) is 0.400. The molecule has 0 aliphatic carbocycles. The molecule has 1 aliphatic heterocycles. The third kappa shape index (κ3) is 3.75. The summed E-state index contributed by atoms with van der Waals surface area (Å²) in [5, 5.41) is 0.978. The summed E-state index contributed by atoms with van der Waals surface area (Å²) in [4.78, 5) is 0. The van der Waals surface area contributed by atoms with Gasteiger partial charge in [-0.1, -0.05) is 34.8 Å². The van der Waals surface area contributed by atoms with Crippen LogP contribution in [0.25, 0.3) is 0 Å². The Morgan fingerprint density at radius 2 is 1.45 bits per heavy atom. The summed E-state index contributed by atoms with van der Waals surface area (Å²) in [7, 11) is 7.69. The van der Waals surface area contributed by atoms with Crippen molar-refractivity contribution >= 4 is 34.8 Å². The van der Waals surface area contributed by atoms with Crippen LogP contribution in [-0.2, 0) is 11.2 Å². The number of methoxy groups -OCH3 is 5. The van der Waals surface area contributed by atoms with Gasteiger partial charge in [-0.25, -0.2) is 0 Å². The molecule has 158 valence electrons. The maximum Gasteiger partial charge on any atom is 0.163 e. The van der Waals surface area contributed by atoms with Gasteiger partial charge in [0.2, 0.25) is 0 Å². The second-order valence-electron chi connectivity index (χ2n) is 6.25. The van der Waals surface area contributed by atoms with Crippen molar-refractivity contribution in [2.45, 2.75) is 18.6 Å². The highest BCUT2D eigenvalue weighted by Crippen LogP contribution is 2.54. The van der Waals surface area contributed by atoms with E-state index in [4.69, 9.17) is 63.2 Å². The van der Waals surface area contributed by atoms with Crippen molar-refractivity contribution in [3.8, 4) is 28.7 Å². The largest absolute Gasteiger partial charge is 0.495 e. The first-order valence-electron chi connectivity index (χ1n) is 8.64. The second-order valence-corrected chi connectivity index (χ2v) is 7.41. The van der Waals surface area contributed by atoms with E-state index in [9.17, 15) is 0 Å². The van der Waals surface area contributed by atoms with Crippen LogP contribution in [0, 0.1) is 0 Å². The normalized spacial score (nSPS) is 17.9. The Bertz CT molecular complexity index is 918. The van der Waals surface area contributed by atoms with Crippen molar-refractivity contribution in [3.05, 3.63) is 38.3 Å². The molecule has 2 aromatic rings. The number of benzene rings is 2. The average molecular weight is 464 g/mol. The van der Waals surface area contributed by atoms with Crippen LogP contribution >= 0.6 is 34.8 Å². The smallest absolute Gasteiger partial charge is 0.163 e. The highest BCUT2D eigenvalue weighted by molar-refractivity contribution is 6.39. The lowest BCUT2D eigenvalue weighted by atomic mass is 9.93. The lowest BCUT2D eigenvalue weighted by Crippen LogP contribution is -2.33. The molecule has 1 aliphatic rings. The van der Waals surface area contributed by atoms with Gasteiger partial charge in [-0.3, -0.25) is 0 Å². The zero-order valence-corrected chi connectivity index (χ0v) is 18.9. The monoisotopic (exact) mass is 462 g/mol. The third-order valence-electron chi connectivity index (χ3n) is 4.85. The molecule has 0 radical (unpaired) electrons. The van der Waals surface area contributed by atoms with Crippen LogP contribution in [0.15, 0.2) is 12.1 Å². The van der Waals surface area contributed by atoms with Gasteiger partial charge in [-0.15, -0.1) is 0 Å². The predicted octanol–water partition coefficient (Wildman–Crippen LogP) is 5.37. The molecule has 3 rings (SSSR count). The third-order valence-corrected chi connectivity index (χ3v) is 5.87. The number of rotatable bonds is 6. The number of hydrogen-bond acceptors (Lipinski definition) is 6. The summed E-state index contributed by atoms with van der Waals surface area (Å²) in [5.74, 6) is 2.15. The van der Waals surface area contributed by atoms with E-state index in [1.807, 2.05) is 0 Å². The van der Waals surface area contributed by atoms with Gasteiger partial charge in [0.05, 0.1) is 33.5 Å². The summed E-state index contributed by atoms with van der Waals surface area (Å²) < 4.78 is 33.6. The van der Waals surface area contributed by atoms with E-state index in [0.29, 0.717) is 45.6 Å². The molecule has 1 heterocycles. The Morgan fingerprint density at radius 3 is 2.00 bits per heavy atom. The van der Waals surface area contributed by atoms with Crippen molar-refractivity contribution in [3.63, 3.8) is 0 Å². The first kappa shape index (κ1) is 22.0. The minimum Gasteiger partial charge on any atom is -0.495 e. The molecule has 9 heteroatoms. The molecular weight excluding hydrogens is 443 g/mol. The Kier molecular flexibility index (Phi) is 6.79. The molecule has 2 unspecified atom stereocenters. The molecule has 2 atom stereocenters. The molecule has 29 heavy (non-hydrogen) atoms. The Morgan fingerprint density at radius 1 is 0.828 bits per heavy atom. The SMILES string of the molecule is COc1cc(Cl)c(C2Oc3c(Cl)c(OC)c(Cl)c(OC)c3CC2OC)cc1OC. The van der Waals surface area contributed by atoms with E-state index in [2.05, 4.69) is 0 Å². The lowest BCUT2D eigenvalue weighted by Gasteiger charge is -2.35. The predicted molar refractivity (Wildman–Crippen MR) is 112 cm³/mol. The summed E-state index contributed by atoms with van der Waals surface area (Å²) in [5.41, 5.74) is 1.37. The van der Waals surface area contributed by atoms with E-state index in [0.717, 1.165) is 0 Å². The van der Waals surface area contributed by atoms with Crippen LogP contribution < -0.4 is 23.7 Å². The maximum absolute atomic E-state index is 6.54. The van der Waals surface area contributed by atoms with Crippen molar-refractivity contribution in [2.24, 2.45) is 0 Å². The van der Waals surface area contributed by atoms with Gasteiger partial charge >= 0.3 is 0 Å². The Balaban J connectivity index is 2.17. The van der Waals surface area contributed by atoms with Crippen LogP contribution in [0.1, 0.15) is 17.2 Å². The average Bonchev–Trinajstić information content (AvgIpc) is 2.73. The molecule has 0 spiro atoms. The van der Waals surface area contributed by atoms with E-state index in [-0.39, 0.29) is 21.9 Å². The number of halogens is 3. The summed E-state index contributed by atoms with van der Waals surface area (Å²) in [6.07, 6.45) is -0.506. The summed E-state index contributed by atoms with van der Waals surface area (Å²) in [6.45, 7) is 0. The van der Waals surface area contributed by atoms with E-state index in [1.54, 1.807) is 33.5 Å². The van der Waals surface area contributed by atoms with Crippen molar-refractivity contribution in [1.82, 2.24) is 0 Å². The highest BCUT2D eigenvalue weighted by atomic mass is 35.5. The van der Waals surface area contributed by atoms with Crippen LogP contribution in [0.2, 0.25) is 15.1 Å². The van der Waals surface area contributed by atoms with Gasteiger partial charge in [-0.05, 0) is 6.07 Å². The molecule has 2 aromatic carbocycles. The fourth-order valence-electron chi connectivity index (χ4n) is 3.44. The molecule has 0 N–H and O–H groups in total. The van der Waals surface area contributed by atoms with Gasteiger partial charge < -0.3 is 28.4 Å². The first-order chi connectivity index (χ1) is 13.9. The van der Waals surface area contributed by atoms with Crippen molar-refractivity contribution < 1.29 is 28.4 Å². The Hall–Kier alpha value is -1.73. The van der Waals surface area contributed by atoms with Crippen molar-refractivity contribution in [2.75, 3.05) is 35.5 Å². The highest BCUT2D eigenvalue weighted by Gasteiger charge is 2.38. The molecule has 0 aromatic heterocycles. The summed E-state index contributed by atoms with van der Waals surface area (Å²) in [6, 6.07) is 3.44. The van der Waals surface area contributed by atoms with Gasteiger partial charge in [0.1, 0.15) is 27.6 Å². The fourth-order valence-corrected chi connectivity index (χ4v) is 4.44. The van der Waals surface area contributed by atoms with Gasteiger partial charge in [0, 0.05) is 30.7 Å². The molecule has 0 bridgehead atoms. The number of fused-ring (bicyclic) bond motifs is 1. The molecule has 0 amide bonds. The van der Waals surface area contributed by atoms with Crippen molar-refractivity contribution in [1.29, 1.82) is 0 Å². The van der Waals surface area contributed by atoms with Crippen LogP contribution in [0.5, 0.6) is 28.7 Å². The van der Waals surface area contributed by atoms with E-state index >= 15 is 0 Å². The maximum atomic E-state index is 6.54. The number of hydrogen-bond donors (Lipinski definition) is 0. The summed E-state index contributed by atoms with van der Waals surface area (Å²) >= 11 is 19.5. The van der Waals surface area contributed by atoms with Crippen LogP contribution in [0.3, 0.4) is 0 Å². The molecule has 0 saturated carbocycles. The van der Waals surface area contributed by atoms with Gasteiger partial charge in [0.15, 0.2) is 23.4 Å². The first-order valence-corrected chi connectivity index (χ1v) is 9.77. The quantitative estimate of drug-likeness (QED) is 0.574. The topological polar surface area (TPSA) is 55.4 Å². The van der Waals surface area contributed by atoms with Gasteiger partial charge in [0.25, 0.3) is 0 Å². The number of ether oxygens (including phenoxy) is 6. The molecule has 6 nitrogen and oxygen atoms in total. The zero-order chi connectivity index (χ0) is 21.3. The second kappa shape index (κ2) is 8.96. The molecule has 0 saturated heterocycles.